The molecule has 1 heterocycles. The van der Waals surface area contributed by atoms with Crippen molar-refractivity contribution in [3.05, 3.63) is 10.4 Å². The van der Waals surface area contributed by atoms with Gasteiger partial charge in [0.25, 0.3) is 0 Å². The molecule has 0 aromatic heterocycles. The van der Waals surface area contributed by atoms with Crippen molar-refractivity contribution in [2.45, 2.75) is 44.8 Å². The molecule has 1 fully saturated rings. The summed E-state index contributed by atoms with van der Waals surface area (Å²) in [5, 5.41) is 6.13. The van der Waals surface area contributed by atoms with E-state index >= 15 is 0 Å². The van der Waals surface area contributed by atoms with Crippen molar-refractivity contribution in [2.75, 3.05) is 13.7 Å². The van der Waals surface area contributed by atoms with Crippen molar-refractivity contribution < 1.29 is 23.8 Å². The van der Waals surface area contributed by atoms with E-state index in [9.17, 15) is 9.59 Å². The average molecular weight is 286 g/mol. The summed E-state index contributed by atoms with van der Waals surface area (Å²) in [6.07, 6.45) is -1.64. The number of hydrogen-bond acceptors (Lipinski definition) is 6. The zero-order valence-corrected chi connectivity index (χ0v) is 11.6. The molecule has 1 aliphatic heterocycles. The lowest BCUT2D eigenvalue weighted by Gasteiger charge is -2.40. The molecule has 0 bridgehead atoms. The lowest BCUT2D eigenvalue weighted by Crippen LogP contribution is -2.58. The smallest absolute Gasteiger partial charge is 0.303 e. The SMILES string of the molecule is COC1CC(NC(C)=O)C(OC(C)=O)C(CN=[N+]=[N-])O1. The van der Waals surface area contributed by atoms with Gasteiger partial charge in [0.05, 0.1) is 12.6 Å². The topological polar surface area (TPSA) is 123 Å². The normalized spacial score (nSPS) is 29.1. The van der Waals surface area contributed by atoms with E-state index in [0.29, 0.717) is 6.42 Å². The van der Waals surface area contributed by atoms with E-state index < -0.39 is 30.5 Å². The number of hydrogen-bond donors (Lipinski definition) is 1. The van der Waals surface area contributed by atoms with Gasteiger partial charge < -0.3 is 19.5 Å². The Hall–Kier alpha value is -1.83. The van der Waals surface area contributed by atoms with Gasteiger partial charge in [-0.25, -0.2) is 0 Å². The van der Waals surface area contributed by atoms with E-state index in [0.717, 1.165) is 0 Å². The molecule has 1 rings (SSSR count). The quantitative estimate of drug-likeness (QED) is 0.341. The third-order valence-electron chi connectivity index (χ3n) is 2.81. The molecular weight excluding hydrogens is 268 g/mol. The second kappa shape index (κ2) is 7.68. The van der Waals surface area contributed by atoms with Crippen LogP contribution in [-0.4, -0.2) is 50.1 Å². The predicted octanol–water partition coefficient (Wildman–Crippen LogP) is 0.494. The summed E-state index contributed by atoms with van der Waals surface area (Å²) in [4.78, 5) is 25.1. The minimum atomic E-state index is -0.728. The molecule has 0 spiro atoms. The van der Waals surface area contributed by atoms with E-state index in [1.807, 2.05) is 0 Å². The Morgan fingerprint density at radius 3 is 2.70 bits per heavy atom. The van der Waals surface area contributed by atoms with Crippen LogP contribution >= 0.6 is 0 Å². The first-order valence-electron chi connectivity index (χ1n) is 6.11. The van der Waals surface area contributed by atoms with E-state index in [4.69, 9.17) is 19.7 Å². The number of rotatable bonds is 5. The van der Waals surface area contributed by atoms with Gasteiger partial charge in [0.2, 0.25) is 5.91 Å². The highest BCUT2D eigenvalue weighted by atomic mass is 16.7. The van der Waals surface area contributed by atoms with Gasteiger partial charge in [0.15, 0.2) is 6.29 Å². The lowest BCUT2D eigenvalue weighted by molar-refractivity contribution is -0.225. The molecule has 1 amide bonds. The van der Waals surface area contributed by atoms with Crippen LogP contribution in [-0.2, 0) is 23.8 Å². The predicted molar refractivity (Wildman–Crippen MR) is 67.5 cm³/mol. The number of carbonyl (C=O) groups excluding carboxylic acids is 2. The monoisotopic (exact) mass is 286 g/mol. The summed E-state index contributed by atoms with van der Waals surface area (Å²) >= 11 is 0. The summed E-state index contributed by atoms with van der Waals surface area (Å²) in [5.74, 6) is -0.762. The van der Waals surface area contributed by atoms with Gasteiger partial charge in [0, 0.05) is 32.3 Å². The molecule has 0 aliphatic carbocycles. The van der Waals surface area contributed by atoms with E-state index in [1.165, 1.54) is 21.0 Å². The first-order chi connectivity index (χ1) is 9.47. The fourth-order valence-corrected chi connectivity index (χ4v) is 2.10. The van der Waals surface area contributed by atoms with Gasteiger partial charge >= 0.3 is 5.97 Å². The van der Waals surface area contributed by atoms with Crippen LogP contribution < -0.4 is 5.32 Å². The molecule has 0 saturated carbocycles. The Kier molecular flexibility index (Phi) is 6.23. The van der Waals surface area contributed by atoms with E-state index in [-0.39, 0.29) is 12.5 Å². The highest BCUT2D eigenvalue weighted by Gasteiger charge is 2.41. The van der Waals surface area contributed by atoms with Gasteiger partial charge in [-0.1, -0.05) is 5.11 Å². The summed E-state index contributed by atoms with van der Waals surface area (Å²) in [7, 11) is 1.46. The van der Waals surface area contributed by atoms with Gasteiger partial charge in [-0.3, -0.25) is 9.59 Å². The maximum atomic E-state index is 11.2. The van der Waals surface area contributed by atoms with Gasteiger partial charge in [-0.15, -0.1) is 0 Å². The molecule has 1 saturated heterocycles. The van der Waals surface area contributed by atoms with Crippen molar-refractivity contribution in [3.8, 4) is 0 Å². The van der Waals surface area contributed by atoms with Crippen LogP contribution in [0.5, 0.6) is 0 Å². The summed E-state index contributed by atoms with van der Waals surface area (Å²) in [5.41, 5.74) is 8.39. The highest BCUT2D eigenvalue weighted by Crippen LogP contribution is 2.24. The van der Waals surface area contributed by atoms with E-state index in [2.05, 4.69) is 15.3 Å². The largest absolute Gasteiger partial charge is 0.458 e. The molecule has 0 aromatic carbocycles. The number of esters is 1. The average Bonchev–Trinajstić information content (AvgIpc) is 2.37. The Bertz CT molecular complexity index is 396. The van der Waals surface area contributed by atoms with Gasteiger partial charge in [-0.05, 0) is 5.53 Å². The molecule has 9 heteroatoms. The van der Waals surface area contributed by atoms with E-state index in [1.54, 1.807) is 0 Å². The minimum Gasteiger partial charge on any atom is -0.458 e. The number of methoxy groups -OCH3 is 1. The van der Waals surface area contributed by atoms with Crippen LogP contribution in [0.3, 0.4) is 0 Å². The number of carbonyl (C=O) groups is 2. The summed E-state index contributed by atoms with van der Waals surface area (Å²) in [6, 6.07) is -0.464. The maximum Gasteiger partial charge on any atom is 0.303 e. The Balaban J connectivity index is 2.91. The van der Waals surface area contributed by atoms with Crippen molar-refractivity contribution in [2.24, 2.45) is 5.11 Å². The molecule has 0 aromatic rings. The molecule has 1 N–H and O–H groups in total. The standard InChI is InChI=1S/C11H18N4O5/c1-6(16)14-8-4-10(18-3)20-9(5-13-15-12)11(8)19-7(2)17/h8-11H,4-5H2,1-3H3,(H,14,16). The minimum absolute atomic E-state index is 0.0234. The van der Waals surface area contributed by atoms with Crippen molar-refractivity contribution >= 4 is 11.9 Å². The maximum absolute atomic E-state index is 11.2. The van der Waals surface area contributed by atoms with Crippen LogP contribution in [0.2, 0.25) is 0 Å². The summed E-state index contributed by atoms with van der Waals surface area (Å²) < 4.78 is 15.9. The molecule has 112 valence electrons. The van der Waals surface area contributed by atoms with Gasteiger partial charge in [0.1, 0.15) is 12.2 Å². The molecule has 0 radical (unpaired) electrons. The van der Waals surface area contributed by atoms with Crippen molar-refractivity contribution in [1.29, 1.82) is 0 Å². The zero-order valence-electron chi connectivity index (χ0n) is 11.6. The fraction of sp³-hybridized carbons (Fsp3) is 0.818. The van der Waals surface area contributed by atoms with Crippen molar-refractivity contribution in [1.82, 2.24) is 5.32 Å². The molecule has 9 nitrogen and oxygen atoms in total. The first-order valence-corrected chi connectivity index (χ1v) is 6.11. The zero-order chi connectivity index (χ0) is 15.1. The van der Waals surface area contributed by atoms with Crippen LogP contribution in [0.1, 0.15) is 20.3 Å². The number of amides is 1. The Morgan fingerprint density at radius 2 is 2.20 bits per heavy atom. The second-order valence-electron chi connectivity index (χ2n) is 4.37. The Morgan fingerprint density at radius 1 is 1.50 bits per heavy atom. The molecule has 1 aliphatic rings. The third kappa shape index (κ3) is 4.69. The van der Waals surface area contributed by atoms with Crippen molar-refractivity contribution in [3.63, 3.8) is 0 Å². The third-order valence-corrected chi connectivity index (χ3v) is 2.81. The number of ether oxygens (including phenoxy) is 3. The van der Waals surface area contributed by atoms with Gasteiger partial charge in [-0.2, -0.15) is 0 Å². The molecular formula is C11H18N4O5. The first kappa shape index (κ1) is 16.2. The second-order valence-corrected chi connectivity index (χ2v) is 4.37. The van der Waals surface area contributed by atoms with Crippen LogP contribution in [0.4, 0.5) is 0 Å². The lowest BCUT2D eigenvalue weighted by atomic mass is 9.98. The number of azide groups is 1. The highest BCUT2D eigenvalue weighted by molar-refractivity contribution is 5.73. The van der Waals surface area contributed by atoms with Crippen LogP contribution in [0.15, 0.2) is 5.11 Å². The molecule has 4 atom stereocenters. The molecule has 4 unspecified atom stereocenters. The van der Waals surface area contributed by atoms with Crippen LogP contribution in [0.25, 0.3) is 10.4 Å². The van der Waals surface area contributed by atoms with Crippen LogP contribution in [0, 0.1) is 0 Å². The summed E-state index contributed by atoms with van der Waals surface area (Å²) in [6.45, 7) is 2.60. The number of nitrogens with zero attached hydrogens (tertiary/aromatic N) is 3. The Labute approximate surface area is 116 Å². The molecule has 20 heavy (non-hydrogen) atoms. The number of nitrogens with one attached hydrogen (secondary N) is 1. The fourth-order valence-electron chi connectivity index (χ4n) is 2.10.